The van der Waals surface area contributed by atoms with Gasteiger partial charge in [0.1, 0.15) is 6.07 Å². The molecule has 0 spiro atoms. The molecule has 1 aromatic rings. The zero-order chi connectivity index (χ0) is 11.3. The molecule has 0 amide bonds. The Morgan fingerprint density at radius 2 is 2.20 bits per heavy atom. The van der Waals surface area contributed by atoms with Crippen LogP contribution < -0.4 is 11.1 Å². The van der Waals surface area contributed by atoms with E-state index in [1.54, 1.807) is 6.07 Å². The van der Waals surface area contributed by atoms with Crippen molar-refractivity contribution in [3.8, 4) is 6.07 Å². The molecule has 3 N–H and O–H groups in total. The van der Waals surface area contributed by atoms with Crippen LogP contribution in [0.15, 0.2) is 47.5 Å². The molecule has 0 saturated carbocycles. The minimum absolute atomic E-state index is 0.376. The van der Waals surface area contributed by atoms with E-state index in [1.165, 1.54) is 6.08 Å². The second-order valence-electron chi connectivity index (χ2n) is 2.79. The Kier molecular flexibility index (Phi) is 3.83. The molecule has 76 valence electrons. The first-order chi connectivity index (χ1) is 7.19. The summed E-state index contributed by atoms with van der Waals surface area (Å²) in [6.07, 6.45) is 1.44. The highest BCUT2D eigenvalue weighted by Gasteiger charge is 2.01. The van der Waals surface area contributed by atoms with Gasteiger partial charge in [0, 0.05) is 0 Å². The first-order valence-corrected chi connectivity index (χ1v) is 4.71. The number of hydrogen-bond acceptors (Lipinski definition) is 4. The average molecular weight is 217 g/mol. The molecular formula is C11H11N3S. The number of nitrogens with zero attached hydrogens (tertiary/aromatic N) is 1. The SMILES string of the molecule is C=C/C(C#N)=C(\S)Nc1ccccc1N. The van der Waals surface area contributed by atoms with Gasteiger partial charge in [-0.1, -0.05) is 18.7 Å². The highest BCUT2D eigenvalue weighted by Crippen LogP contribution is 2.21. The van der Waals surface area contributed by atoms with Crippen molar-refractivity contribution >= 4 is 24.0 Å². The van der Waals surface area contributed by atoms with Crippen LogP contribution in [0.3, 0.4) is 0 Å². The van der Waals surface area contributed by atoms with Crippen LogP contribution in [0.4, 0.5) is 11.4 Å². The van der Waals surface area contributed by atoms with E-state index >= 15 is 0 Å². The Bertz CT molecular complexity index is 443. The number of hydrogen-bond donors (Lipinski definition) is 3. The van der Waals surface area contributed by atoms with Crippen LogP contribution in [-0.4, -0.2) is 0 Å². The van der Waals surface area contributed by atoms with Crippen molar-refractivity contribution in [3.05, 3.63) is 47.5 Å². The fourth-order valence-electron chi connectivity index (χ4n) is 1.00. The topological polar surface area (TPSA) is 61.8 Å². The third-order valence-corrected chi connectivity index (χ3v) is 2.15. The lowest BCUT2D eigenvalue weighted by molar-refractivity contribution is 1.46. The quantitative estimate of drug-likeness (QED) is 0.315. The van der Waals surface area contributed by atoms with Crippen LogP contribution in [-0.2, 0) is 0 Å². The molecule has 3 nitrogen and oxygen atoms in total. The van der Waals surface area contributed by atoms with E-state index in [0.29, 0.717) is 16.3 Å². The van der Waals surface area contributed by atoms with Crippen LogP contribution in [0.5, 0.6) is 0 Å². The lowest BCUT2D eigenvalue weighted by Crippen LogP contribution is -1.99. The van der Waals surface area contributed by atoms with Gasteiger partial charge in [-0.3, -0.25) is 0 Å². The normalized spacial score (nSPS) is 11.2. The summed E-state index contributed by atoms with van der Waals surface area (Å²) in [7, 11) is 0. The van der Waals surface area contributed by atoms with E-state index in [0.717, 1.165) is 5.69 Å². The van der Waals surface area contributed by atoms with Crippen molar-refractivity contribution in [2.24, 2.45) is 0 Å². The zero-order valence-electron chi connectivity index (χ0n) is 8.07. The van der Waals surface area contributed by atoms with E-state index in [2.05, 4.69) is 24.5 Å². The monoisotopic (exact) mass is 217 g/mol. The molecule has 0 aliphatic carbocycles. The van der Waals surface area contributed by atoms with Gasteiger partial charge in [-0.05, 0) is 18.2 Å². The molecule has 0 unspecified atom stereocenters. The number of nitriles is 1. The van der Waals surface area contributed by atoms with Crippen molar-refractivity contribution < 1.29 is 0 Å². The number of para-hydroxylation sites is 2. The summed E-state index contributed by atoms with van der Waals surface area (Å²) in [4.78, 5) is 0. The van der Waals surface area contributed by atoms with Crippen molar-refractivity contribution in [3.63, 3.8) is 0 Å². The number of nitrogen functional groups attached to an aromatic ring is 1. The predicted molar refractivity (Wildman–Crippen MR) is 66.3 cm³/mol. The predicted octanol–water partition coefficient (Wildman–Crippen LogP) is 2.53. The largest absolute Gasteiger partial charge is 0.397 e. The average Bonchev–Trinajstić information content (AvgIpc) is 2.23. The van der Waals surface area contributed by atoms with Crippen molar-refractivity contribution in [1.82, 2.24) is 0 Å². The molecule has 1 aromatic carbocycles. The van der Waals surface area contributed by atoms with Crippen LogP contribution >= 0.6 is 12.6 Å². The summed E-state index contributed by atoms with van der Waals surface area (Å²) >= 11 is 4.16. The minimum atomic E-state index is 0.376. The van der Waals surface area contributed by atoms with E-state index in [-0.39, 0.29) is 0 Å². The molecule has 0 fully saturated rings. The van der Waals surface area contributed by atoms with Crippen molar-refractivity contribution in [2.75, 3.05) is 11.1 Å². The van der Waals surface area contributed by atoms with Gasteiger partial charge in [0.05, 0.1) is 22.0 Å². The second-order valence-corrected chi connectivity index (χ2v) is 3.24. The smallest absolute Gasteiger partial charge is 0.102 e. The minimum Gasteiger partial charge on any atom is -0.397 e. The summed E-state index contributed by atoms with van der Waals surface area (Å²) in [6, 6.07) is 9.23. The van der Waals surface area contributed by atoms with Gasteiger partial charge in [0.2, 0.25) is 0 Å². The van der Waals surface area contributed by atoms with Crippen LogP contribution in [0.1, 0.15) is 0 Å². The van der Waals surface area contributed by atoms with Gasteiger partial charge in [0.25, 0.3) is 0 Å². The number of nitrogens with one attached hydrogen (secondary N) is 1. The number of benzene rings is 1. The van der Waals surface area contributed by atoms with E-state index in [4.69, 9.17) is 11.0 Å². The summed E-state index contributed by atoms with van der Waals surface area (Å²) in [5, 5.41) is 12.1. The maximum atomic E-state index is 8.74. The molecule has 0 aliphatic rings. The Morgan fingerprint density at radius 3 is 2.73 bits per heavy atom. The number of nitrogens with two attached hydrogens (primary N) is 1. The van der Waals surface area contributed by atoms with Gasteiger partial charge in [-0.15, -0.1) is 12.6 Å². The van der Waals surface area contributed by atoms with Crippen LogP contribution in [0.25, 0.3) is 0 Å². The molecular weight excluding hydrogens is 206 g/mol. The Labute approximate surface area is 94.3 Å². The lowest BCUT2D eigenvalue weighted by atomic mass is 10.2. The second kappa shape index (κ2) is 5.13. The Hall–Kier alpha value is -1.86. The van der Waals surface area contributed by atoms with Gasteiger partial charge < -0.3 is 11.1 Å². The fraction of sp³-hybridized carbons (Fsp3) is 0. The van der Waals surface area contributed by atoms with Gasteiger partial charge in [-0.25, -0.2) is 0 Å². The maximum absolute atomic E-state index is 8.74. The molecule has 0 heterocycles. The van der Waals surface area contributed by atoms with Gasteiger partial charge in [-0.2, -0.15) is 5.26 Å². The summed E-state index contributed by atoms with van der Waals surface area (Å²) in [5.41, 5.74) is 7.42. The fourth-order valence-corrected chi connectivity index (χ4v) is 1.26. The third kappa shape index (κ3) is 2.79. The molecule has 0 aliphatic heterocycles. The lowest BCUT2D eigenvalue weighted by Gasteiger charge is -2.08. The van der Waals surface area contributed by atoms with E-state index < -0.39 is 0 Å². The third-order valence-electron chi connectivity index (χ3n) is 1.79. The first kappa shape index (κ1) is 11.2. The van der Waals surface area contributed by atoms with Crippen LogP contribution in [0, 0.1) is 11.3 Å². The molecule has 0 bridgehead atoms. The standard InChI is InChI=1S/C11H11N3S/c1-2-8(7-12)11(15)14-10-6-4-3-5-9(10)13/h2-6,14-15H,1,13H2/b11-8+. The number of anilines is 2. The zero-order valence-corrected chi connectivity index (χ0v) is 8.96. The molecule has 0 atom stereocenters. The molecule has 4 heteroatoms. The molecule has 0 radical (unpaired) electrons. The van der Waals surface area contributed by atoms with Gasteiger partial charge >= 0.3 is 0 Å². The number of thiol groups is 1. The van der Waals surface area contributed by atoms with E-state index in [1.807, 2.05) is 24.3 Å². The number of allylic oxidation sites excluding steroid dienone is 2. The van der Waals surface area contributed by atoms with Crippen molar-refractivity contribution in [1.29, 1.82) is 5.26 Å². The Balaban J connectivity index is 2.98. The molecule has 1 rings (SSSR count). The van der Waals surface area contributed by atoms with Gasteiger partial charge in [0.15, 0.2) is 0 Å². The van der Waals surface area contributed by atoms with Crippen molar-refractivity contribution in [2.45, 2.75) is 0 Å². The first-order valence-electron chi connectivity index (χ1n) is 4.26. The molecule has 0 saturated heterocycles. The van der Waals surface area contributed by atoms with Crippen LogP contribution in [0.2, 0.25) is 0 Å². The molecule has 15 heavy (non-hydrogen) atoms. The van der Waals surface area contributed by atoms with E-state index in [9.17, 15) is 0 Å². The number of rotatable bonds is 3. The highest BCUT2D eigenvalue weighted by atomic mass is 32.1. The Morgan fingerprint density at radius 1 is 1.53 bits per heavy atom. The summed E-state index contributed by atoms with van der Waals surface area (Å²) < 4.78 is 0. The maximum Gasteiger partial charge on any atom is 0.102 e. The highest BCUT2D eigenvalue weighted by molar-refractivity contribution is 7.84. The summed E-state index contributed by atoms with van der Waals surface area (Å²) in [5.74, 6) is 0. The molecule has 0 aromatic heterocycles. The summed E-state index contributed by atoms with van der Waals surface area (Å²) in [6.45, 7) is 3.52.